The van der Waals surface area contributed by atoms with Crippen molar-refractivity contribution in [3.63, 3.8) is 0 Å². The van der Waals surface area contributed by atoms with E-state index >= 15 is 0 Å². The lowest BCUT2D eigenvalue weighted by atomic mass is 9.96. The Bertz CT molecular complexity index is 1840. The van der Waals surface area contributed by atoms with Crippen LogP contribution in [0.4, 0.5) is 29.3 Å². The molecule has 14 heteroatoms. The highest BCUT2D eigenvalue weighted by Gasteiger charge is 2.46. The summed E-state index contributed by atoms with van der Waals surface area (Å²) >= 11 is -0.216. The summed E-state index contributed by atoms with van der Waals surface area (Å²) in [7, 11) is 1.47. The summed E-state index contributed by atoms with van der Waals surface area (Å²) < 4.78 is 54.1. The highest BCUT2D eigenvalue weighted by Crippen LogP contribution is 2.42. The van der Waals surface area contributed by atoms with Gasteiger partial charge in [-0.1, -0.05) is 11.8 Å². The topological polar surface area (TPSA) is 108 Å². The minimum atomic E-state index is -4.54. The van der Waals surface area contributed by atoms with Gasteiger partial charge in [0.2, 0.25) is 0 Å². The summed E-state index contributed by atoms with van der Waals surface area (Å²) in [4.78, 5) is 29.3. The van der Waals surface area contributed by atoms with Crippen molar-refractivity contribution in [1.29, 1.82) is 0 Å². The fraction of sp³-hybridized carbons (Fsp3) is 0.500. The second kappa shape index (κ2) is 13.5. The molecule has 3 saturated heterocycles. The van der Waals surface area contributed by atoms with Gasteiger partial charge in [0.15, 0.2) is 0 Å². The lowest BCUT2D eigenvalue weighted by Gasteiger charge is -2.44. The van der Waals surface area contributed by atoms with Gasteiger partial charge in [-0.2, -0.15) is 13.2 Å². The van der Waals surface area contributed by atoms with Crippen LogP contribution in [0.25, 0.3) is 5.52 Å². The van der Waals surface area contributed by atoms with Gasteiger partial charge >= 0.3 is 11.6 Å². The molecule has 50 heavy (non-hydrogen) atoms. The number of aliphatic hydroxyl groups is 1. The molecule has 0 unspecified atom stereocenters. The van der Waals surface area contributed by atoms with Crippen LogP contribution < -0.4 is 15.4 Å². The molecule has 268 valence electrons. The Hall–Kier alpha value is -4.22. The number of piperidine rings is 1. The first-order valence-electron chi connectivity index (χ1n) is 16.6. The summed E-state index contributed by atoms with van der Waals surface area (Å²) in [5.41, 5.74) is -3.65. The molecule has 3 N–H and O–H groups in total. The van der Waals surface area contributed by atoms with Gasteiger partial charge in [0.05, 0.1) is 60.8 Å². The molecule has 0 aliphatic carbocycles. The van der Waals surface area contributed by atoms with Crippen LogP contribution in [0.5, 0.6) is 5.75 Å². The number of hydrogen-bond donors (Lipinski definition) is 3. The van der Waals surface area contributed by atoms with E-state index < -0.39 is 16.7 Å². The molecule has 3 fully saturated rings. The molecule has 0 radical (unpaired) electrons. The second-order valence-electron chi connectivity index (χ2n) is 14.3. The van der Waals surface area contributed by atoms with E-state index in [1.165, 1.54) is 11.5 Å². The number of carbonyl (C=O) groups is 2. The molecule has 2 bridgehead atoms. The Kier molecular flexibility index (Phi) is 9.60. The summed E-state index contributed by atoms with van der Waals surface area (Å²) in [5.74, 6) is 6.05. The molecule has 3 aliphatic heterocycles. The number of methoxy groups -OCH3 is 1. The Morgan fingerprint density at radius 2 is 1.82 bits per heavy atom. The molecule has 5 heterocycles. The van der Waals surface area contributed by atoms with Gasteiger partial charge in [-0.25, -0.2) is 4.79 Å². The first-order chi connectivity index (χ1) is 23.5. The van der Waals surface area contributed by atoms with Crippen molar-refractivity contribution >= 4 is 40.7 Å². The maximum atomic E-state index is 13.8. The third kappa shape index (κ3) is 7.73. The van der Waals surface area contributed by atoms with Crippen LogP contribution >= 0.6 is 11.8 Å². The molecule has 0 spiro atoms. The van der Waals surface area contributed by atoms with Crippen molar-refractivity contribution in [3.05, 3.63) is 53.7 Å². The number of β-amino-alcohol motifs (C(OH)–C–C–N with tert-alkyl or cyclic N) is 1. The Morgan fingerprint density at radius 1 is 1.08 bits per heavy atom. The highest BCUT2D eigenvalue weighted by atomic mass is 32.2. The van der Waals surface area contributed by atoms with Gasteiger partial charge in [0.25, 0.3) is 5.91 Å². The fourth-order valence-electron chi connectivity index (χ4n) is 7.07. The van der Waals surface area contributed by atoms with Crippen molar-refractivity contribution in [1.82, 2.24) is 14.2 Å². The van der Waals surface area contributed by atoms with Crippen molar-refractivity contribution in [3.8, 4) is 17.6 Å². The van der Waals surface area contributed by atoms with E-state index in [1.807, 2.05) is 31.7 Å². The van der Waals surface area contributed by atoms with E-state index in [9.17, 15) is 27.9 Å². The number of ether oxygens (including phenoxy) is 2. The number of fused-ring (bicyclic) bond motifs is 3. The molecule has 3 aliphatic rings. The molecule has 10 nitrogen and oxygen atoms in total. The summed E-state index contributed by atoms with van der Waals surface area (Å²) in [6.07, 6.45) is 4.58. The van der Waals surface area contributed by atoms with Crippen LogP contribution in [0.15, 0.2) is 47.6 Å². The number of aromatic nitrogens is 1. The van der Waals surface area contributed by atoms with E-state index in [4.69, 9.17) is 9.47 Å². The van der Waals surface area contributed by atoms with Gasteiger partial charge in [-0.15, -0.1) is 0 Å². The monoisotopic (exact) mass is 713 g/mol. The lowest BCUT2D eigenvalue weighted by Crippen LogP contribution is -2.61. The molecular weight excluding hydrogens is 671 g/mol. The Morgan fingerprint density at radius 3 is 2.50 bits per heavy atom. The van der Waals surface area contributed by atoms with Crippen LogP contribution in [0.1, 0.15) is 69.3 Å². The van der Waals surface area contributed by atoms with Gasteiger partial charge in [-0.05, 0) is 89.8 Å². The number of hydrogen-bond acceptors (Lipinski definition) is 8. The fourth-order valence-corrected chi connectivity index (χ4v) is 7.77. The van der Waals surface area contributed by atoms with Gasteiger partial charge in [0, 0.05) is 35.6 Å². The SMILES string of the molecule is COc1cc(C(=O)N2CC(C)(O)C2)ccc1NCC#Cc1cc2c(N[C@@H]3CC[C@@H]4CC[C@H]3N4C(=O)OC(C)(C)C)cccn2c1SC(F)(F)F. The number of rotatable bonds is 7. The largest absolute Gasteiger partial charge is 0.495 e. The third-order valence-electron chi connectivity index (χ3n) is 9.13. The normalized spacial score (nSPS) is 21.3. The number of thioether (sulfide) groups is 1. The number of halogens is 3. The molecular formula is C36H42F3N5O5S. The van der Waals surface area contributed by atoms with Crippen molar-refractivity contribution in [2.75, 3.05) is 37.4 Å². The number of pyridine rings is 1. The van der Waals surface area contributed by atoms with Gasteiger partial charge in [-0.3, -0.25) is 4.79 Å². The number of benzene rings is 1. The standard InChI is InChI=1S/C36H42F3N5O5S/c1-34(2,3)49-33(46)44-24-11-14-26(28(44)15-12-24)41-25-9-7-17-43-29(25)18-23(32(43)50-36(37,38)39)8-6-16-40-27-13-10-22(19-30(27)48-5)31(45)42-20-35(4,47)21-42/h7,9-10,13,17-19,24,26,28,40-41,47H,11-12,14-16,20-21H2,1-5H3/t24-,26-,28-/m1/s1. The predicted molar refractivity (Wildman–Crippen MR) is 186 cm³/mol. The molecule has 6 rings (SSSR count). The number of nitrogens with zero attached hydrogens (tertiary/aromatic N) is 3. The average Bonchev–Trinajstić information content (AvgIpc) is 3.53. The maximum Gasteiger partial charge on any atom is 0.447 e. The zero-order chi connectivity index (χ0) is 36.0. The zero-order valence-electron chi connectivity index (χ0n) is 28.7. The van der Waals surface area contributed by atoms with E-state index in [1.54, 1.807) is 48.4 Å². The van der Waals surface area contributed by atoms with Crippen molar-refractivity contribution in [2.24, 2.45) is 0 Å². The number of amides is 2. The summed E-state index contributed by atoms with van der Waals surface area (Å²) in [6, 6.07) is 10.0. The number of anilines is 2. The first kappa shape index (κ1) is 35.6. The number of likely N-dealkylation sites (tertiary alicyclic amines) is 1. The van der Waals surface area contributed by atoms with Gasteiger partial charge < -0.3 is 39.4 Å². The lowest BCUT2D eigenvalue weighted by molar-refractivity contribution is -0.0668. The van der Waals surface area contributed by atoms with Crippen LogP contribution in [0, 0.1) is 11.8 Å². The number of alkyl halides is 3. The quantitative estimate of drug-likeness (QED) is 0.187. The minimum Gasteiger partial charge on any atom is -0.495 e. The zero-order valence-corrected chi connectivity index (χ0v) is 29.5. The molecule has 3 atom stereocenters. The molecule has 1 aromatic carbocycles. The smallest absolute Gasteiger partial charge is 0.447 e. The van der Waals surface area contributed by atoms with Crippen molar-refractivity contribution < 1.29 is 37.3 Å². The maximum absolute atomic E-state index is 13.8. The van der Waals surface area contributed by atoms with E-state index in [0.717, 1.165) is 25.7 Å². The molecule has 2 amide bonds. The minimum absolute atomic E-state index is 0.0472. The molecule has 0 saturated carbocycles. The average molecular weight is 714 g/mol. The number of nitrogens with one attached hydrogen (secondary N) is 2. The van der Waals surface area contributed by atoms with Crippen LogP contribution in [-0.2, 0) is 4.74 Å². The van der Waals surface area contributed by atoms with E-state index in [2.05, 4.69) is 22.5 Å². The number of carbonyl (C=O) groups excluding carboxylic acids is 2. The molecule has 3 aromatic rings. The van der Waals surface area contributed by atoms with E-state index in [0.29, 0.717) is 28.2 Å². The van der Waals surface area contributed by atoms with Crippen LogP contribution in [0.3, 0.4) is 0 Å². The second-order valence-corrected chi connectivity index (χ2v) is 15.4. The van der Waals surface area contributed by atoms with E-state index in [-0.39, 0.29) is 72.1 Å². The van der Waals surface area contributed by atoms with Crippen LogP contribution in [0.2, 0.25) is 0 Å². The Labute approximate surface area is 293 Å². The summed E-state index contributed by atoms with van der Waals surface area (Å²) in [5, 5.41) is 16.6. The predicted octanol–water partition coefficient (Wildman–Crippen LogP) is 6.57. The third-order valence-corrected chi connectivity index (χ3v) is 9.97. The highest BCUT2D eigenvalue weighted by molar-refractivity contribution is 8.00. The van der Waals surface area contributed by atoms with Gasteiger partial charge in [0.1, 0.15) is 16.4 Å². The van der Waals surface area contributed by atoms with Crippen molar-refractivity contribution in [2.45, 2.75) is 93.2 Å². The molecule has 2 aromatic heterocycles. The first-order valence-corrected chi connectivity index (χ1v) is 17.4. The van der Waals surface area contributed by atoms with Crippen LogP contribution in [-0.4, -0.2) is 92.9 Å². The Balaban J connectivity index is 1.20. The summed E-state index contributed by atoms with van der Waals surface area (Å²) in [6.45, 7) is 7.79.